The van der Waals surface area contributed by atoms with Crippen molar-refractivity contribution in [1.82, 2.24) is 10.3 Å². The Morgan fingerprint density at radius 2 is 1.89 bits per heavy atom. The van der Waals surface area contributed by atoms with Crippen LogP contribution in [0.3, 0.4) is 0 Å². The number of anilines is 1. The van der Waals surface area contributed by atoms with Crippen molar-refractivity contribution in [1.29, 1.82) is 0 Å². The van der Waals surface area contributed by atoms with Gasteiger partial charge in [0, 0.05) is 11.9 Å². The Balaban J connectivity index is 1.78. The van der Waals surface area contributed by atoms with Crippen molar-refractivity contribution in [3.63, 3.8) is 0 Å². The molecule has 0 saturated heterocycles. The smallest absolute Gasteiger partial charge is 0.259 e. The summed E-state index contributed by atoms with van der Waals surface area (Å²) in [6.07, 6.45) is 1.73. The van der Waals surface area contributed by atoms with E-state index in [1.807, 2.05) is 18.2 Å². The summed E-state index contributed by atoms with van der Waals surface area (Å²) in [5.74, 6) is -0.683. The van der Waals surface area contributed by atoms with E-state index >= 15 is 0 Å². The molecule has 1 aliphatic rings. The zero-order valence-corrected chi connectivity index (χ0v) is 10.0. The molecule has 0 radical (unpaired) electrons. The number of rotatable bonds is 3. The van der Waals surface area contributed by atoms with Gasteiger partial charge in [0.05, 0.1) is 23.4 Å². The predicted molar refractivity (Wildman–Crippen MR) is 69.8 cm³/mol. The molecule has 0 atom stereocenters. The first-order valence-corrected chi connectivity index (χ1v) is 5.87. The molecule has 0 fully saturated rings. The predicted octanol–water partition coefficient (Wildman–Crippen LogP) is 1.58. The summed E-state index contributed by atoms with van der Waals surface area (Å²) in [7, 11) is 0. The van der Waals surface area contributed by atoms with Gasteiger partial charge in [0.15, 0.2) is 0 Å². The van der Waals surface area contributed by atoms with E-state index in [1.165, 1.54) is 0 Å². The van der Waals surface area contributed by atoms with E-state index in [0.717, 1.165) is 11.4 Å². The lowest BCUT2D eigenvalue weighted by atomic mass is 10.1. The third kappa shape index (κ3) is 2.18. The molecule has 0 aliphatic carbocycles. The van der Waals surface area contributed by atoms with E-state index in [0.29, 0.717) is 17.7 Å². The topological polar surface area (TPSA) is 71.1 Å². The molecule has 94 valence electrons. The number of amides is 2. The van der Waals surface area contributed by atoms with E-state index in [1.54, 1.807) is 24.4 Å². The van der Waals surface area contributed by atoms with Crippen LogP contribution in [0.4, 0.5) is 5.69 Å². The van der Waals surface area contributed by atoms with Gasteiger partial charge < -0.3 is 5.32 Å². The molecule has 1 aromatic heterocycles. The van der Waals surface area contributed by atoms with Gasteiger partial charge in [-0.25, -0.2) is 0 Å². The number of nitrogens with one attached hydrogen (secondary N) is 2. The number of hydrogen-bond acceptors (Lipinski definition) is 4. The summed E-state index contributed by atoms with van der Waals surface area (Å²) in [5.41, 5.74) is 2.53. The molecule has 2 N–H and O–H groups in total. The van der Waals surface area contributed by atoms with Crippen LogP contribution in [0.2, 0.25) is 0 Å². The number of imide groups is 1. The lowest BCUT2D eigenvalue weighted by Crippen LogP contribution is -2.19. The van der Waals surface area contributed by atoms with Crippen molar-refractivity contribution in [2.45, 2.75) is 6.54 Å². The van der Waals surface area contributed by atoms with Crippen LogP contribution in [0.1, 0.15) is 26.4 Å². The van der Waals surface area contributed by atoms with Crippen molar-refractivity contribution in [3.8, 4) is 0 Å². The second kappa shape index (κ2) is 4.53. The Morgan fingerprint density at radius 3 is 2.68 bits per heavy atom. The summed E-state index contributed by atoms with van der Waals surface area (Å²) in [6.45, 7) is 0.565. The van der Waals surface area contributed by atoms with E-state index < -0.39 is 0 Å². The molecule has 2 aromatic rings. The van der Waals surface area contributed by atoms with Gasteiger partial charge in [-0.3, -0.25) is 19.9 Å². The van der Waals surface area contributed by atoms with Crippen molar-refractivity contribution in [2.24, 2.45) is 0 Å². The van der Waals surface area contributed by atoms with Gasteiger partial charge >= 0.3 is 0 Å². The Morgan fingerprint density at radius 1 is 1.05 bits per heavy atom. The number of benzene rings is 1. The molecular weight excluding hydrogens is 242 g/mol. The van der Waals surface area contributed by atoms with Crippen LogP contribution in [-0.2, 0) is 6.54 Å². The molecule has 0 unspecified atom stereocenters. The molecule has 19 heavy (non-hydrogen) atoms. The summed E-state index contributed by atoms with van der Waals surface area (Å²) in [6, 6.07) is 10.8. The molecule has 1 aromatic carbocycles. The van der Waals surface area contributed by atoms with Crippen LogP contribution in [0.5, 0.6) is 0 Å². The van der Waals surface area contributed by atoms with E-state index in [4.69, 9.17) is 0 Å². The third-order valence-corrected chi connectivity index (χ3v) is 2.94. The minimum atomic E-state index is -0.346. The third-order valence-electron chi connectivity index (χ3n) is 2.94. The molecule has 5 heteroatoms. The zero-order valence-electron chi connectivity index (χ0n) is 10.0. The largest absolute Gasteiger partial charge is 0.379 e. The molecule has 2 amide bonds. The van der Waals surface area contributed by atoms with Crippen LogP contribution >= 0.6 is 0 Å². The average molecular weight is 253 g/mol. The highest BCUT2D eigenvalue weighted by Gasteiger charge is 2.26. The zero-order chi connectivity index (χ0) is 13.2. The quantitative estimate of drug-likeness (QED) is 0.815. The Bertz CT molecular complexity index is 653. The van der Waals surface area contributed by atoms with Gasteiger partial charge in [0.2, 0.25) is 0 Å². The Labute approximate surface area is 109 Å². The maximum atomic E-state index is 11.5. The number of aromatic nitrogens is 1. The van der Waals surface area contributed by atoms with Crippen LogP contribution in [0.15, 0.2) is 42.6 Å². The fourth-order valence-electron chi connectivity index (χ4n) is 1.97. The molecule has 0 bridgehead atoms. The molecule has 1 aliphatic heterocycles. The summed E-state index contributed by atoms with van der Waals surface area (Å²) in [5, 5.41) is 5.44. The van der Waals surface area contributed by atoms with E-state index in [2.05, 4.69) is 15.6 Å². The van der Waals surface area contributed by atoms with Gasteiger partial charge in [0.25, 0.3) is 11.8 Å². The van der Waals surface area contributed by atoms with E-state index in [9.17, 15) is 9.59 Å². The van der Waals surface area contributed by atoms with Crippen LogP contribution < -0.4 is 10.6 Å². The average Bonchev–Trinajstić information content (AvgIpc) is 2.73. The molecule has 5 nitrogen and oxygen atoms in total. The van der Waals surface area contributed by atoms with Crippen molar-refractivity contribution in [2.75, 3.05) is 5.32 Å². The fraction of sp³-hybridized carbons (Fsp3) is 0.0714. The van der Waals surface area contributed by atoms with Crippen LogP contribution in [0, 0.1) is 0 Å². The molecule has 0 saturated carbocycles. The highest BCUT2D eigenvalue weighted by atomic mass is 16.2. The van der Waals surface area contributed by atoms with Crippen molar-refractivity contribution in [3.05, 3.63) is 59.4 Å². The van der Waals surface area contributed by atoms with Crippen molar-refractivity contribution < 1.29 is 9.59 Å². The number of pyridine rings is 1. The first-order valence-electron chi connectivity index (χ1n) is 5.87. The maximum Gasteiger partial charge on any atom is 0.259 e. The van der Waals surface area contributed by atoms with Gasteiger partial charge in [-0.05, 0) is 30.3 Å². The van der Waals surface area contributed by atoms with Gasteiger partial charge in [-0.15, -0.1) is 0 Å². The maximum absolute atomic E-state index is 11.5. The summed E-state index contributed by atoms with van der Waals surface area (Å²) >= 11 is 0. The van der Waals surface area contributed by atoms with Gasteiger partial charge in [-0.1, -0.05) is 6.07 Å². The highest BCUT2D eigenvalue weighted by molar-refractivity contribution is 6.21. The number of hydrogen-bond donors (Lipinski definition) is 2. The number of carbonyl (C=O) groups is 2. The lowest BCUT2D eigenvalue weighted by Gasteiger charge is -2.06. The van der Waals surface area contributed by atoms with Crippen LogP contribution in [0.25, 0.3) is 0 Å². The molecule has 3 rings (SSSR count). The summed E-state index contributed by atoms with van der Waals surface area (Å²) in [4.78, 5) is 27.1. The summed E-state index contributed by atoms with van der Waals surface area (Å²) < 4.78 is 0. The number of fused-ring (bicyclic) bond motifs is 1. The minimum Gasteiger partial charge on any atom is -0.379 e. The lowest BCUT2D eigenvalue weighted by molar-refractivity contribution is 0.0879. The van der Waals surface area contributed by atoms with Gasteiger partial charge in [0.1, 0.15) is 0 Å². The van der Waals surface area contributed by atoms with E-state index in [-0.39, 0.29) is 11.8 Å². The minimum absolute atomic E-state index is 0.337. The normalized spacial score (nSPS) is 13.1. The SMILES string of the molecule is O=C1NC(=O)c2cc(NCc3ccccn3)ccc21. The number of carbonyl (C=O) groups excluding carboxylic acids is 2. The Hall–Kier alpha value is -2.69. The van der Waals surface area contributed by atoms with Gasteiger partial charge in [-0.2, -0.15) is 0 Å². The molecular formula is C14H11N3O2. The second-order valence-electron chi connectivity index (χ2n) is 4.22. The highest BCUT2D eigenvalue weighted by Crippen LogP contribution is 2.20. The monoisotopic (exact) mass is 253 g/mol. The van der Waals surface area contributed by atoms with Crippen LogP contribution in [-0.4, -0.2) is 16.8 Å². The second-order valence-corrected chi connectivity index (χ2v) is 4.22. The number of nitrogens with zero attached hydrogens (tertiary/aromatic N) is 1. The van der Waals surface area contributed by atoms with Crippen molar-refractivity contribution >= 4 is 17.5 Å². The first-order chi connectivity index (χ1) is 9.24. The first kappa shape index (κ1) is 11.4. The molecule has 2 heterocycles. The molecule has 0 spiro atoms. The fourth-order valence-corrected chi connectivity index (χ4v) is 1.97. The standard InChI is InChI=1S/C14H11N3O2/c18-13-11-5-4-9(7-12(11)14(19)17-13)16-8-10-3-1-2-6-15-10/h1-7,16H,8H2,(H,17,18,19). The Kier molecular flexibility index (Phi) is 2.72.